The van der Waals surface area contributed by atoms with E-state index in [9.17, 15) is 31.5 Å². The maximum absolute atomic E-state index is 14.5. The Kier molecular flexibility index (Phi) is 6.75. The number of carbonyl (C=O) groups excluding carboxylic acids is 1. The van der Waals surface area contributed by atoms with E-state index in [1.54, 1.807) is 0 Å². The molecule has 1 amide bonds. The molecule has 1 aromatic heterocycles. The molecule has 2 heterocycles. The molecule has 34 heavy (non-hydrogen) atoms. The van der Waals surface area contributed by atoms with Crippen molar-refractivity contribution < 1.29 is 36.2 Å². The van der Waals surface area contributed by atoms with Gasteiger partial charge in [-0.05, 0) is 19.9 Å². The highest BCUT2D eigenvalue weighted by Crippen LogP contribution is 2.59. The molecule has 0 saturated carbocycles. The van der Waals surface area contributed by atoms with Gasteiger partial charge in [0.25, 0.3) is 5.56 Å². The Hall–Kier alpha value is -3.02. The number of aryl methyl sites for hydroxylation is 1. The van der Waals surface area contributed by atoms with Crippen LogP contribution in [-0.4, -0.2) is 41.8 Å². The minimum atomic E-state index is -4.83. The molecule has 3 rings (SSSR count). The molecule has 4 atom stereocenters. The van der Waals surface area contributed by atoms with Crippen molar-refractivity contribution in [3.05, 3.63) is 56.8 Å². The predicted molar refractivity (Wildman–Crippen MR) is 110 cm³/mol. The van der Waals surface area contributed by atoms with Crippen LogP contribution in [0.15, 0.2) is 16.9 Å². The van der Waals surface area contributed by atoms with Crippen molar-refractivity contribution in [2.24, 2.45) is 5.92 Å². The van der Waals surface area contributed by atoms with Gasteiger partial charge in [-0.15, -0.1) is 0 Å². The fourth-order valence-corrected chi connectivity index (χ4v) is 4.27. The highest BCUT2D eigenvalue weighted by Gasteiger charge is 2.65. The molecule has 2 aromatic rings. The second-order valence-corrected chi connectivity index (χ2v) is 8.31. The maximum Gasteiger partial charge on any atom is 0.417 e. The number of amides is 1. The molecule has 0 aliphatic carbocycles. The minimum absolute atomic E-state index is 0.0367. The molecule has 1 fully saturated rings. The minimum Gasteiger partial charge on any atom is -0.493 e. The number of rotatable bonds is 5. The highest BCUT2D eigenvalue weighted by molar-refractivity contribution is 5.78. The van der Waals surface area contributed by atoms with Crippen molar-refractivity contribution in [3.8, 4) is 5.75 Å². The number of likely N-dealkylation sites (N-methyl/N-ethyl adjacent to an activating group) is 1. The van der Waals surface area contributed by atoms with Crippen LogP contribution in [0.3, 0.4) is 0 Å². The van der Waals surface area contributed by atoms with Crippen LogP contribution in [0.25, 0.3) is 0 Å². The summed E-state index contributed by atoms with van der Waals surface area (Å²) in [4.78, 5) is 31.0. The summed E-state index contributed by atoms with van der Waals surface area (Å²) in [6.45, 7) is 3.55. The van der Waals surface area contributed by atoms with Crippen LogP contribution >= 0.6 is 0 Å². The Balaban J connectivity index is 2.21. The standard InChI is InChI=1S/C22H24F5N3O4/c1-9-15(11-6-7-13(23)16(24)17(11)33-5)18(34-21(9,3)22(25,26)27)19-29-10(2)12(20(32)30-19)8-14(31)28-4/h6-7,9,15,18H,8H2,1-5H3,(H,28,31)(H,29,30,32)/t9-,15-,18+,21+/m0/s1. The molecule has 0 bridgehead atoms. The van der Waals surface area contributed by atoms with E-state index in [2.05, 4.69) is 15.3 Å². The largest absolute Gasteiger partial charge is 0.493 e. The number of methoxy groups -OCH3 is 1. The van der Waals surface area contributed by atoms with E-state index in [1.807, 2.05) is 0 Å². The number of nitrogens with one attached hydrogen (secondary N) is 2. The maximum atomic E-state index is 14.5. The third kappa shape index (κ3) is 4.15. The Morgan fingerprint density at radius 3 is 2.50 bits per heavy atom. The monoisotopic (exact) mass is 489 g/mol. The van der Waals surface area contributed by atoms with Gasteiger partial charge in [0, 0.05) is 35.7 Å². The fourth-order valence-electron chi connectivity index (χ4n) is 4.27. The fraction of sp³-hybridized carbons (Fsp3) is 0.500. The Bertz CT molecular complexity index is 1170. The van der Waals surface area contributed by atoms with E-state index in [-0.39, 0.29) is 29.1 Å². The lowest BCUT2D eigenvalue weighted by molar-refractivity contribution is -0.275. The lowest BCUT2D eigenvalue weighted by Gasteiger charge is -2.32. The summed E-state index contributed by atoms with van der Waals surface area (Å²) < 4.78 is 81.0. The number of halogens is 5. The summed E-state index contributed by atoms with van der Waals surface area (Å²) >= 11 is 0. The van der Waals surface area contributed by atoms with Crippen molar-refractivity contribution in [1.82, 2.24) is 15.3 Å². The van der Waals surface area contributed by atoms with E-state index in [0.29, 0.717) is 0 Å². The lowest BCUT2D eigenvalue weighted by atomic mass is 9.77. The first kappa shape index (κ1) is 25.6. The number of alkyl halides is 3. The van der Waals surface area contributed by atoms with Crippen LogP contribution in [0.5, 0.6) is 5.75 Å². The highest BCUT2D eigenvalue weighted by atomic mass is 19.4. The molecule has 7 nitrogen and oxygen atoms in total. The molecule has 12 heteroatoms. The van der Waals surface area contributed by atoms with Crippen LogP contribution in [0.1, 0.15) is 48.5 Å². The van der Waals surface area contributed by atoms with Gasteiger partial charge in [-0.2, -0.15) is 17.6 Å². The molecule has 1 saturated heterocycles. The lowest BCUT2D eigenvalue weighted by Crippen LogP contribution is -2.46. The van der Waals surface area contributed by atoms with Crippen molar-refractivity contribution in [3.63, 3.8) is 0 Å². The van der Waals surface area contributed by atoms with Gasteiger partial charge in [0.2, 0.25) is 11.7 Å². The number of aromatic nitrogens is 2. The van der Waals surface area contributed by atoms with Gasteiger partial charge in [-0.25, -0.2) is 9.37 Å². The molecule has 1 aliphatic rings. The van der Waals surface area contributed by atoms with Gasteiger partial charge in [-0.3, -0.25) is 9.59 Å². The molecule has 0 spiro atoms. The van der Waals surface area contributed by atoms with Crippen molar-refractivity contribution in [2.75, 3.05) is 14.2 Å². The first-order valence-electron chi connectivity index (χ1n) is 10.3. The Morgan fingerprint density at radius 1 is 1.32 bits per heavy atom. The third-order valence-electron chi connectivity index (χ3n) is 6.44. The normalized spacial score (nSPS) is 24.8. The van der Waals surface area contributed by atoms with Crippen molar-refractivity contribution in [2.45, 2.75) is 51.0 Å². The molecule has 0 radical (unpaired) electrons. The van der Waals surface area contributed by atoms with Crippen LogP contribution in [0, 0.1) is 24.5 Å². The average Bonchev–Trinajstić information content (AvgIpc) is 3.04. The molecule has 2 N–H and O–H groups in total. The van der Waals surface area contributed by atoms with Crippen LogP contribution in [-0.2, 0) is 16.0 Å². The predicted octanol–water partition coefficient (Wildman–Crippen LogP) is 3.47. The van der Waals surface area contributed by atoms with E-state index in [4.69, 9.17) is 9.47 Å². The SMILES string of the molecule is CNC(=O)Cc1c(C)nc([C@@H]2O[C@@](C)(C(F)(F)F)[C@@H](C)[C@H]2c2ccc(F)c(F)c2OC)[nH]c1=O. The second kappa shape index (κ2) is 8.97. The molecule has 1 aromatic carbocycles. The zero-order valence-electron chi connectivity index (χ0n) is 19.1. The van der Waals surface area contributed by atoms with Crippen LogP contribution < -0.4 is 15.6 Å². The second-order valence-electron chi connectivity index (χ2n) is 8.31. The quantitative estimate of drug-likeness (QED) is 0.628. The van der Waals surface area contributed by atoms with Crippen molar-refractivity contribution in [1.29, 1.82) is 0 Å². The van der Waals surface area contributed by atoms with Gasteiger partial charge >= 0.3 is 6.18 Å². The summed E-state index contributed by atoms with van der Waals surface area (Å²) in [7, 11) is 2.46. The summed E-state index contributed by atoms with van der Waals surface area (Å²) in [6.07, 6.45) is -6.60. The number of carbonyl (C=O) groups is 1. The first-order chi connectivity index (χ1) is 15.8. The number of H-pyrrole nitrogens is 1. The van der Waals surface area contributed by atoms with Crippen LogP contribution in [0.2, 0.25) is 0 Å². The topological polar surface area (TPSA) is 93.3 Å². The zero-order chi connectivity index (χ0) is 25.6. The molecule has 1 aliphatic heterocycles. The average molecular weight is 489 g/mol. The van der Waals surface area contributed by atoms with Gasteiger partial charge in [0.05, 0.1) is 13.5 Å². The van der Waals surface area contributed by atoms with Gasteiger partial charge < -0.3 is 19.8 Å². The van der Waals surface area contributed by atoms with Gasteiger partial charge in [0.15, 0.2) is 17.2 Å². The summed E-state index contributed by atoms with van der Waals surface area (Å²) in [5, 5.41) is 2.37. The van der Waals surface area contributed by atoms with E-state index >= 15 is 0 Å². The molecule has 0 unspecified atom stereocenters. The van der Waals surface area contributed by atoms with Crippen molar-refractivity contribution >= 4 is 5.91 Å². The van der Waals surface area contributed by atoms with E-state index < -0.39 is 58.6 Å². The summed E-state index contributed by atoms with van der Waals surface area (Å²) in [6, 6.07) is 1.91. The number of benzene rings is 1. The molecule has 186 valence electrons. The zero-order valence-corrected chi connectivity index (χ0v) is 19.1. The number of nitrogens with zero attached hydrogens (tertiary/aromatic N) is 1. The Morgan fingerprint density at radius 2 is 1.97 bits per heavy atom. The van der Waals surface area contributed by atoms with Gasteiger partial charge in [-0.1, -0.05) is 13.0 Å². The Labute approximate surface area is 191 Å². The number of hydrogen-bond donors (Lipinski definition) is 2. The van der Waals surface area contributed by atoms with Crippen LogP contribution in [0.4, 0.5) is 22.0 Å². The number of aromatic amines is 1. The molecular formula is C22H24F5N3O4. The molecular weight excluding hydrogens is 465 g/mol. The van der Waals surface area contributed by atoms with E-state index in [0.717, 1.165) is 26.2 Å². The summed E-state index contributed by atoms with van der Waals surface area (Å²) in [5.41, 5.74) is -3.34. The smallest absolute Gasteiger partial charge is 0.417 e. The number of ether oxygens (including phenoxy) is 2. The summed E-state index contributed by atoms with van der Waals surface area (Å²) in [5.74, 6) is -6.38. The van der Waals surface area contributed by atoms with Gasteiger partial charge in [0.1, 0.15) is 11.9 Å². The number of hydrogen-bond acceptors (Lipinski definition) is 5. The third-order valence-corrected chi connectivity index (χ3v) is 6.44. The first-order valence-corrected chi connectivity index (χ1v) is 10.3. The van der Waals surface area contributed by atoms with E-state index in [1.165, 1.54) is 20.9 Å².